The molecule has 0 atom stereocenters. The highest BCUT2D eigenvalue weighted by Crippen LogP contribution is 2.37. The van der Waals surface area contributed by atoms with Gasteiger partial charge in [-0.05, 0) is 25.0 Å². The molecule has 28 heavy (non-hydrogen) atoms. The van der Waals surface area contributed by atoms with E-state index in [4.69, 9.17) is 23.2 Å². The van der Waals surface area contributed by atoms with Gasteiger partial charge >= 0.3 is 0 Å². The zero-order valence-electron chi connectivity index (χ0n) is 14.8. The van der Waals surface area contributed by atoms with Crippen molar-refractivity contribution >= 4 is 48.9 Å². The van der Waals surface area contributed by atoms with Crippen molar-refractivity contribution in [2.75, 3.05) is 16.2 Å². The summed E-state index contributed by atoms with van der Waals surface area (Å²) in [4.78, 5) is 12.8. The summed E-state index contributed by atoms with van der Waals surface area (Å²) in [6, 6.07) is 1.67. The van der Waals surface area contributed by atoms with Crippen LogP contribution in [-0.4, -0.2) is 38.7 Å². The van der Waals surface area contributed by atoms with Gasteiger partial charge in [0.1, 0.15) is 11.0 Å². The van der Waals surface area contributed by atoms with Crippen LogP contribution in [-0.2, 0) is 33.1 Å². The summed E-state index contributed by atoms with van der Waals surface area (Å²) in [7, 11) is -8.63. The van der Waals surface area contributed by atoms with Crippen molar-refractivity contribution in [1.82, 2.24) is 9.36 Å². The van der Waals surface area contributed by atoms with E-state index in [2.05, 4.69) is 0 Å². The van der Waals surface area contributed by atoms with Crippen molar-refractivity contribution in [3.8, 4) is 11.1 Å². The average molecular weight is 472 g/mol. The number of hydrogen-bond acceptors (Lipinski definition) is 5. The van der Waals surface area contributed by atoms with Gasteiger partial charge in [-0.2, -0.15) is 3.71 Å². The molecule has 0 bridgehead atoms. The van der Waals surface area contributed by atoms with Crippen LogP contribution in [0.25, 0.3) is 11.1 Å². The summed E-state index contributed by atoms with van der Waals surface area (Å²) < 4.78 is 65.9. The molecule has 3 rings (SSSR count). The van der Waals surface area contributed by atoms with Gasteiger partial charge in [0.2, 0.25) is 20.0 Å². The molecule has 8 nitrogen and oxygen atoms in total. The lowest BCUT2D eigenvalue weighted by Crippen LogP contribution is -2.35. The smallest absolute Gasteiger partial charge is 0.271 e. The highest BCUT2D eigenvalue weighted by atomic mass is 35.5. The molecular formula is C15H16Cl2FN3O5S2. The summed E-state index contributed by atoms with van der Waals surface area (Å²) in [6.07, 6.45) is 2.89. The number of sulfonamides is 2. The van der Waals surface area contributed by atoms with Crippen LogP contribution in [0, 0.1) is 5.82 Å². The van der Waals surface area contributed by atoms with E-state index in [1.54, 1.807) is 0 Å². The third kappa shape index (κ3) is 3.56. The Labute approximate surface area is 171 Å². The number of halogens is 3. The van der Waals surface area contributed by atoms with Crippen molar-refractivity contribution in [1.29, 1.82) is 0 Å². The van der Waals surface area contributed by atoms with Gasteiger partial charge < -0.3 is 0 Å². The lowest BCUT2D eigenvalue weighted by molar-refractivity contribution is 0.356. The molecule has 1 aliphatic rings. The van der Waals surface area contributed by atoms with E-state index in [9.17, 15) is 26.0 Å². The topological polar surface area (TPSA) is 98.4 Å². The third-order valence-corrected chi connectivity index (χ3v) is 8.18. The number of aromatic nitrogens is 2. The first-order valence-corrected chi connectivity index (χ1v) is 12.5. The Hall–Kier alpha value is -1.56. The molecule has 154 valence electrons. The van der Waals surface area contributed by atoms with Crippen LogP contribution in [0.15, 0.2) is 16.9 Å². The molecule has 0 saturated heterocycles. The SMILES string of the molecule is CS(=O)(=O)N(c1cc(-c2c(Cl)n3n(c2=O)CCCC3)c(F)cc1Cl)S(C)(=O)=O. The molecule has 13 heteroatoms. The van der Waals surface area contributed by atoms with Crippen molar-refractivity contribution in [2.45, 2.75) is 25.9 Å². The van der Waals surface area contributed by atoms with Gasteiger partial charge in [0.15, 0.2) is 0 Å². The third-order valence-electron chi connectivity index (χ3n) is 4.27. The summed E-state index contributed by atoms with van der Waals surface area (Å²) in [6.45, 7) is 0.869. The molecule has 0 N–H and O–H groups in total. The molecule has 0 aliphatic carbocycles. The van der Waals surface area contributed by atoms with Crippen LogP contribution in [0.5, 0.6) is 0 Å². The average Bonchev–Trinajstić information content (AvgIpc) is 2.80. The van der Waals surface area contributed by atoms with Crippen LogP contribution in [0.3, 0.4) is 0 Å². The first-order valence-electron chi connectivity index (χ1n) is 8.03. The summed E-state index contributed by atoms with van der Waals surface area (Å²) >= 11 is 12.2. The van der Waals surface area contributed by atoms with Crippen LogP contribution >= 0.6 is 23.2 Å². The van der Waals surface area contributed by atoms with Crippen molar-refractivity contribution in [3.63, 3.8) is 0 Å². The molecule has 2 aromatic rings. The Kier molecular flexibility index (Phi) is 5.32. The number of hydrogen-bond donors (Lipinski definition) is 0. The second kappa shape index (κ2) is 7.05. The Morgan fingerprint density at radius 3 is 2.04 bits per heavy atom. The summed E-state index contributed by atoms with van der Waals surface area (Å²) in [5.41, 5.74) is -1.56. The molecular weight excluding hydrogens is 456 g/mol. The fourth-order valence-corrected chi connectivity index (χ4v) is 6.90. The second-order valence-corrected chi connectivity index (χ2v) is 11.1. The lowest BCUT2D eigenvalue weighted by atomic mass is 10.1. The molecule has 1 aromatic carbocycles. The van der Waals surface area contributed by atoms with E-state index in [1.165, 1.54) is 9.36 Å². The molecule has 1 aliphatic heterocycles. The predicted molar refractivity (Wildman–Crippen MR) is 106 cm³/mol. The zero-order chi connectivity index (χ0) is 21.0. The molecule has 1 aromatic heterocycles. The second-order valence-electron chi connectivity index (χ2n) is 6.43. The van der Waals surface area contributed by atoms with Gasteiger partial charge in [0.05, 0.1) is 28.8 Å². The van der Waals surface area contributed by atoms with Gasteiger partial charge in [-0.15, -0.1) is 0 Å². The minimum absolute atomic E-state index is 0.0119. The van der Waals surface area contributed by atoms with Crippen LogP contribution in [0.4, 0.5) is 10.1 Å². The fourth-order valence-electron chi connectivity index (χ4n) is 3.22. The van der Waals surface area contributed by atoms with Crippen molar-refractivity contribution < 1.29 is 21.2 Å². The normalized spacial score (nSPS) is 14.8. The molecule has 0 amide bonds. The minimum Gasteiger partial charge on any atom is -0.271 e. The van der Waals surface area contributed by atoms with Gasteiger partial charge in [-0.1, -0.05) is 23.2 Å². The number of nitrogens with zero attached hydrogens (tertiary/aromatic N) is 3. The maximum atomic E-state index is 14.7. The lowest BCUT2D eigenvalue weighted by Gasteiger charge is -2.21. The molecule has 2 heterocycles. The first kappa shape index (κ1) is 21.2. The van der Waals surface area contributed by atoms with Crippen LogP contribution in [0.2, 0.25) is 10.2 Å². The van der Waals surface area contributed by atoms with Crippen molar-refractivity contribution in [2.24, 2.45) is 0 Å². The largest absolute Gasteiger partial charge is 0.276 e. The van der Waals surface area contributed by atoms with Gasteiger partial charge in [-0.25, -0.2) is 25.9 Å². The monoisotopic (exact) mass is 471 g/mol. The van der Waals surface area contributed by atoms with E-state index < -0.39 is 42.1 Å². The van der Waals surface area contributed by atoms with Gasteiger partial charge in [-0.3, -0.25) is 9.48 Å². The van der Waals surface area contributed by atoms with Crippen molar-refractivity contribution in [3.05, 3.63) is 38.5 Å². The highest BCUT2D eigenvalue weighted by molar-refractivity contribution is 8.09. The van der Waals surface area contributed by atoms with E-state index in [0.717, 1.165) is 25.0 Å². The van der Waals surface area contributed by atoms with E-state index in [-0.39, 0.29) is 20.0 Å². The summed E-state index contributed by atoms with van der Waals surface area (Å²) in [5.74, 6) is -0.932. The molecule has 0 fully saturated rings. The van der Waals surface area contributed by atoms with Gasteiger partial charge in [0, 0.05) is 18.7 Å². The highest BCUT2D eigenvalue weighted by Gasteiger charge is 2.32. The minimum atomic E-state index is -4.32. The Bertz CT molecular complexity index is 1200. The first-order chi connectivity index (χ1) is 12.8. The standard InChI is InChI=1S/C15H16Cl2FN3O5S2/c1-27(23,24)21(28(2,25)26)12-7-9(11(18)8-10(12)16)13-14(17)19-5-3-4-6-20(19)15(13)22/h7-8H,3-6H2,1-2H3. The maximum absolute atomic E-state index is 14.7. The number of anilines is 1. The predicted octanol–water partition coefficient (Wildman–Crippen LogP) is 2.28. The number of fused-ring (bicyclic) bond motifs is 1. The molecule has 0 saturated carbocycles. The molecule has 0 spiro atoms. The molecule has 0 unspecified atom stereocenters. The van der Waals surface area contributed by atoms with Crippen LogP contribution < -0.4 is 9.27 Å². The Morgan fingerprint density at radius 1 is 1.00 bits per heavy atom. The number of benzene rings is 1. The quantitative estimate of drug-likeness (QED) is 0.680. The fraction of sp³-hybridized carbons (Fsp3) is 0.400. The molecule has 0 radical (unpaired) electrons. The Balaban J connectivity index is 2.34. The van der Waals surface area contributed by atoms with E-state index in [0.29, 0.717) is 25.6 Å². The summed E-state index contributed by atoms with van der Waals surface area (Å²) in [5, 5.41) is -0.459. The number of rotatable bonds is 4. The van der Waals surface area contributed by atoms with E-state index in [1.807, 2.05) is 0 Å². The van der Waals surface area contributed by atoms with Crippen LogP contribution in [0.1, 0.15) is 12.8 Å². The van der Waals surface area contributed by atoms with E-state index >= 15 is 0 Å². The maximum Gasteiger partial charge on any atom is 0.276 e. The van der Waals surface area contributed by atoms with Gasteiger partial charge in [0.25, 0.3) is 5.56 Å². The Morgan fingerprint density at radius 2 is 1.54 bits per heavy atom. The zero-order valence-corrected chi connectivity index (χ0v) is 18.0.